The van der Waals surface area contributed by atoms with Crippen LogP contribution < -0.4 is 15.4 Å². The van der Waals surface area contributed by atoms with Crippen molar-refractivity contribution in [3.05, 3.63) is 83.4 Å². The summed E-state index contributed by atoms with van der Waals surface area (Å²) in [7, 11) is 3.44. The van der Waals surface area contributed by atoms with E-state index in [1.54, 1.807) is 20.4 Å². The highest BCUT2D eigenvalue weighted by atomic mass is 16.5. The summed E-state index contributed by atoms with van der Waals surface area (Å²) in [6, 6.07) is 14.8. The van der Waals surface area contributed by atoms with Crippen LogP contribution in [0.2, 0.25) is 0 Å². The molecule has 7 nitrogen and oxygen atoms in total. The maximum Gasteiger partial charge on any atom is 0.191 e. The molecular formula is C24H31N5O2. The Morgan fingerprint density at radius 2 is 1.81 bits per heavy atom. The standard InChI is InChI=1S/C24H31N5O2/c1-19-4-9-22(23(14-19)31-13-12-30-3)16-28-24(25-2)27-15-20-5-7-21(8-6-20)17-29-11-10-26-18-29/h4-11,14,18H,12-13,15-17H2,1-3H3,(H2,25,27,28). The Bertz CT molecular complexity index is 953. The predicted molar refractivity (Wildman–Crippen MR) is 123 cm³/mol. The molecule has 31 heavy (non-hydrogen) atoms. The van der Waals surface area contributed by atoms with Gasteiger partial charge in [-0.25, -0.2) is 4.98 Å². The van der Waals surface area contributed by atoms with Gasteiger partial charge in [0.05, 0.1) is 12.9 Å². The molecule has 0 atom stereocenters. The molecule has 3 rings (SSSR count). The number of nitrogens with zero attached hydrogens (tertiary/aromatic N) is 3. The summed E-state index contributed by atoms with van der Waals surface area (Å²) in [5.41, 5.74) is 4.67. The number of rotatable bonds is 10. The van der Waals surface area contributed by atoms with E-state index in [1.165, 1.54) is 11.1 Å². The van der Waals surface area contributed by atoms with Gasteiger partial charge in [-0.1, -0.05) is 36.4 Å². The maximum atomic E-state index is 5.87. The van der Waals surface area contributed by atoms with Crippen molar-refractivity contribution in [3.63, 3.8) is 0 Å². The lowest BCUT2D eigenvalue weighted by atomic mass is 10.1. The lowest BCUT2D eigenvalue weighted by Gasteiger charge is -2.15. The van der Waals surface area contributed by atoms with Gasteiger partial charge in [0.15, 0.2) is 5.96 Å². The zero-order chi connectivity index (χ0) is 21.9. The number of hydrogen-bond donors (Lipinski definition) is 2. The van der Waals surface area contributed by atoms with Crippen molar-refractivity contribution in [2.45, 2.75) is 26.6 Å². The number of imidazole rings is 1. The SMILES string of the molecule is CN=C(NCc1ccc(Cn2ccnc2)cc1)NCc1ccc(C)cc1OCCOC. The molecule has 1 aromatic heterocycles. The molecule has 0 unspecified atom stereocenters. The van der Waals surface area contributed by atoms with Crippen LogP contribution in [0.5, 0.6) is 5.75 Å². The molecule has 2 aromatic carbocycles. The van der Waals surface area contributed by atoms with Crippen molar-refractivity contribution < 1.29 is 9.47 Å². The maximum absolute atomic E-state index is 5.87. The number of aryl methyl sites for hydroxylation is 1. The van der Waals surface area contributed by atoms with Crippen molar-refractivity contribution >= 4 is 5.96 Å². The number of nitrogens with one attached hydrogen (secondary N) is 2. The zero-order valence-electron chi connectivity index (χ0n) is 18.5. The highest BCUT2D eigenvalue weighted by Gasteiger charge is 2.06. The van der Waals surface area contributed by atoms with Gasteiger partial charge in [-0.3, -0.25) is 4.99 Å². The quantitative estimate of drug-likeness (QED) is 0.299. The first-order chi connectivity index (χ1) is 15.2. The van der Waals surface area contributed by atoms with Crippen molar-refractivity contribution in [2.24, 2.45) is 4.99 Å². The Kier molecular flexibility index (Phi) is 8.48. The molecule has 1 heterocycles. The summed E-state index contributed by atoms with van der Waals surface area (Å²) < 4.78 is 13.0. The van der Waals surface area contributed by atoms with E-state index < -0.39 is 0 Å². The average Bonchev–Trinajstić information content (AvgIpc) is 3.29. The van der Waals surface area contributed by atoms with Crippen molar-refractivity contribution in [2.75, 3.05) is 27.4 Å². The third-order valence-corrected chi connectivity index (χ3v) is 4.84. The topological polar surface area (TPSA) is 72.7 Å². The Hall–Kier alpha value is -3.32. The van der Waals surface area contributed by atoms with Gasteiger partial charge in [0.25, 0.3) is 0 Å². The zero-order valence-corrected chi connectivity index (χ0v) is 18.5. The van der Waals surface area contributed by atoms with Crippen LogP contribution in [-0.2, 0) is 24.4 Å². The first kappa shape index (κ1) is 22.4. The van der Waals surface area contributed by atoms with Crippen LogP contribution in [0.3, 0.4) is 0 Å². The molecule has 0 saturated heterocycles. The van der Waals surface area contributed by atoms with Gasteiger partial charge in [-0.05, 0) is 29.7 Å². The van der Waals surface area contributed by atoms with Gasteiger partial charge in [0.2, 0.25) is 0 Å². The number of benzene rings is 2. The first-order valence-electron chi connectivity index (χ1n) is 10.4. The molecule has 0 amide bonds. The molecular weight excluding hydrogens is 390 g/mol. The van der Waals surface area contributed by atoms with E-state index >= 15 is 0 Å². The molecule has 0 fully saturated rings. The fraction of sp³-hybridized carbons (Fsp3) is 0.333. The summed E-state index contributed by atoms with van der Waals surface area (Å²) in [5.74, 6) is 1.61. The molecule has 2 N–H and O–H groups in total. The van der Waals surface area contributed by atoms with Crippen LogP contribution in [0.1, 0.15) is 22.3 Å². The van der Waals surface area contributed by atoms with Crippen LogP contribution in [0.4, 0.5) is 0 Å². The van der Waals surface area contributed by atoms with Crippen LogP contribution in [0, 0.1) is 6.92 Å². The van der Waals surface area contributed by atoms with E-state index in [4.69, 9.17) is 9.47 Å². The summed E-state index contributed by atoms with van der Waals surface area (Å²) in [4.78, 5) is 8.41. The Balaban J connectivity index is 1.51. The van der Waals surface area contributed by atoms with Crippen LogP contribution >= 0.6 is 0 Å². The first-order valence-corrected chi connectivity index (χ1v) is 10.4. The fourth-order valence-corrected chi connectivity index (χ4v) is 3.12. The van der Waals surface area contributed by atoms with E-state index in [0.717, 1.165) is 29.4 Å². The van der Waals surface area contributed by atoms with E-state index in [9.17, 15) is 0 Å². The van der Waals surface area contributed by atoms with Crippen molar-refractivity contribution in [1.29, 1.82) is 0 Å². The molecule has 7 heteroatoms. The van der Waals surface area contributed by atoms with Gasteiger partial charge in [0, 0.05) is 51.7 Å². The van der Waals surface area contributed by atoms with Crippen molar-refractivity contribution in [1.82, 2.24) is 20.2 Å². The highest BCUT2D eigenvalue weighted by molar-refractivity contribution is 5.79. The second-order valence-corrected chi connectivity index (χ2v) is 7.28. The van der Waals surface area contributed by atoms with E-state index in [-0.39, 0.29) is 0 Å². The molecule has 0 radical (unpaired) electrons. The summed E-state index contributed by atoms with van der Waals surface area (Å²) in [6.45, 7) is 5.27. The van der Waals surface area contributed by atoms with Crippen molar-refractivity contribution in [3.8, 4) is 5.75 Å². The number of guanidine groups is 1. The van der Waals surface area contributed by atoms with Crippen LogP contribution in [-0.4, -0.2) is 42.9 Å². The molecule has 3 aromatic rings. The van der Waals surface area contributed by atoms with E-state index in [0.29, 0.717) is 26.3 Å². The third-order valence-electron chi connectivity index (χ3n) is 4.84. The van der Waals surface area contributed by atoms with Crippen LogP contribution in [0.25, 0.3) is 0 Å². The van der Waals surface area contributed by atoms with Gasteiger partial charge in [0.1, 0.15) is 12.4 Å². The molecule has 0 aliphatic heterocycles. The molecule has 0 bridgehead atoms. The lowest BCUT2D eigenvalue weighted by molar-refractivity contribution is 0.145. The smallest absolute Gasteiger partial charge is 0.191 e. The Morgan fingerprint density at radius 3 is 2.52 bits per heavy atom. The van der Waals surface area contributed by atoms with Gasteiger partial charge < -0.3 is 24.7 Å². The number of hydrogen-bond acceptors (Lipinski definition) is 4. The Labute approximate surface area is 184 Å². The molecule has 0 saturated carbocycles. The average molecular weight is 422 g/mol. The summed E-state index contributed by atoms with van der Waals surface area (Å²) in [6.07, 6.45) is 5.59. The van der Waals surface area contributed by atoms with Gasteiger partial charge >= 0.3 is 0 Å². The third kappa shape index (κ3) is 7.15. The second kappa shape index (κ2) is 11.8. The monoisotopic (exact) mass is 421 g/mol. The summed E-state index contributed by atoms with van der Waals surface area (Å²) >= 11 is 0. The Morgan fingerprint density at radius 1 is 1.03 bits per heavy atom. The normalized spacial score (nSPS) is 11.4. The van der Waals surface area contributed by atoms with E-state index in [1.807, 2.05) is 18.6 Å². The van der Waals surface area contributed by atoms with Gasteiger partial charge in [-0.15, -0.1) is 0 Å². The number of methoxy groups -OCH3 is 1. The molecule has 0 aliphatic rings. The largest absolute Gasteiger partial charge is 0.491 e. The fourth-order valence-electron chi connectivity index (χ4n) is 3.12. The molecule has 164 valence electrons. The number of ether oxygens (including phenoxy) is 2. The highest BCUT2D eigenvalue weighted by Crippen LogP contribution is 2.20. The molecule has 0 aliphatic carbocycles. The minimum Gasteiger partial charge on any atom is -0.491 e. The minimum absolute atomic E-state index is 0.525. The number of aromatic nitrogens is 2. The lowest BCUT2D eigenvalue weighted by Crippen LogP contribution is -2.36. The summed E-state index contributed by atoms with van der Waals surface area (Å²) in [5, 5.41) is 6.73. The van der Waals surface area contributed by atoms with Gasteiger partial charge in [-0.2, -0.15) is 0 Å². The number of aliphatic imine (C=N–C) groups is 1. The van der Waals surface area contributed by atoms with E-state index in [2.05, 4.69) is 68.5 Å². The second-order valence-electron chi connectivity index (χ2n) is 7.28. The minimum atomic E-state index is 0.525. The van der Waals surface area contributed by atoms with Crippen LogP contribution in [0.15, 0.2) is 66.2 Å². The molecule has 0 spiro atoms. The predicted octanol–water partition coefficient (Wildman–Crippen LogP) is 3.13.